The number of ether oxygens (including phenoxy) is 4. The molecule has 4 N–H and O–H groups in total. The number of carbonyl (C=O) groups is 2. The van der Waals surface area contributed by atoms with Gasteiger partial charge in [0.15, 0.2) is 18.0 Å². The minimum absolute atomic E-state index is 0.00396. The summed E-state index contributed by atoms with van der Waals surface area (Å²) in [6.45, 7) is 4.89. The fourth-order valence-electron chi connectivity index (χ4n) is 5.61. The molecule has 13 nitrogen and oxygen atoms in total. The van der Waals surface area contributed by atoms with Gasteiger partial charge >= 0.3 is 11.7 Å². The number of hydrogen-bond acceptors (Lipinski definition) is 12. The number of aryl methyl sites for hydroxylation is 1. The molecule has 2 heterocycles. The lowest BCUT2D eigenvalue weighted by Crippen LogP contribution is -2.65. The first-order valence-electron chi connectivity index (χ1n) is 14.2. The standard InChI is InChI=1S/C33H32N2O11/c1-16-24(43-31-26(38)28(45-32(34)40)29(42-4)33(2,3)46-31)13-12-21-25(37)22(30(39)44-27(16)21)15-23(36)19-7-5-6-18(14-19)17-8-10-20(35-41)11-9-17/h5-14,26,28-29,31,37-38H,15H2,1-4H3,(H2,34,40)/t26-,28+,29-,31-/m1/s1. The molecule has 1 saturated heterocycles. The molecule has 13 heteroatoms. The van der Waals surface area contributed by atoms with Gasteiger partial charge in [-0.15, -0.1) is 4.91 Å². The number of benzene rings is 3. The fourth-order valence-corrected chi connectivity index (χ4v) is 5.61. The molecule has 0 radical (unpaired) electrons. The Kier molecular flexibility index (Phi) is 8.92. The summed E-state index contributed by atoms with van der Waals surface area (Å²) < 4.78 is 28.0. The highest BCUT2D eigenvalue weighted by molar-refractivity contribution is 6.00. The predicted molar refractivity (Wildman–Crippen MR) is 165 cm³/mol. The van der Waals surface area contributed by atoms with Crippen molar-refractivity contribution in [2.75, 3.05) is 7.11 Å². The van der Waals surface area contributed by atoms with E-state index in [1.165, 1.54) is 19.2 Å². The first kappa shape index (κ1) is 32.3. The van der Waals surface area contributed by atoms with Crippen molar-refractivity contribution in [3.8, 4) is 22.6 Å². The number of rotatable bonds is 9. The van der Waals surface area contributed by atoms with E-state index in [1.807, 2.05) is 0 Å². The van der Waals surface area contributed by atoms with Crippen LogP contribution in [0.4, 0.5) is 10.5 Å². The Morgan fingerprint density at radius 2 is 1.78 bits per heavy atom. The number of aliphatic hydroxyl groups is 1. The molecular formula is C33H32N2O11. The molecule has 240 valence electrons. The quantitative estimate of drug-likeness (QED) is 0.132. The monoisotopic (exact) mass is 632 g/mol. The van der Waals surface area contributed by atoms with E-state index in [-0.39, 0.29) is 28.0 Å². The van der Waals surface area contributed by atoms with Gasteiger partial charge in [-0.2, -0.15) is 0 Å². The second kappa shape index (κ2) is 12.7. The predicted octanol–water partition coefficient (Wildman–Crippen LogP) is 4.65. The van der Waals surface area contributed by atoms with Crippen LogP contribution in [0.5, 0.6) is 11.5 Å². The van der Waals surface area contributed by atoms with Crippen LogP contribution in [0.15, 0.2) is 75.1 Å². The lowest BCUT2D eigenvalue weighted by Gasteiger charge is -2.47. The lowest BCUT2D eigenvalue weighted by molar-refractivity contribution is -0.304. The maximum absolute atomic E-state index is 13.2. The van der Waals surface area contributed by atoms with E-state index in [4.69, 9.17) is 29.1 Å². The number of primary amides is 1. The molecule has 0 aliphatic carbocycles. The molecule has 0 saturated carbocycles. The molecule has 4 aromatic rings. The number of carbonyl (C=O) groups excluding carboxylic acids is 2. The van der Waals surface area contributed by atoms with E-state index < -0.39 is 59.9 Å². The van der Waals surface area contributed by atoms with Crippen LogP contribution in [0, 0.1) is 11.8 Å². The Bertz CT molecular complexity index is 1870. The average molecular weight is 633 g/mol. The first-order valence-corrected chi connectivity index (χ1v) is 14.2. The zero-order valence-corrected chi connectivity index (χ0v) is 25.4. The number of fused-ring (bicyclic) bond motifs is 1. The number of nitrogens with two attached hydrogens (primary N) is 1. The van der Waals surface area contributed by atoms with Crippen molar-refractivity contribution in [1.82, 2.24) is 0 Å². The second-order valence-corrected chi connectivity index (χ2v) is 11.4. The molecule has 0 unspecified atom stereocenters. The van der Waals surface area contributed by atoms with Gasteiger partial charge in [0.05, 0.1) is 16.6 Å². The Balaban J connectivity index is 1.41. The maximum atomic E-state index is 13.2. The lowest BCUT2D eigenvalue weighted by atomic mass is 9.89. The highest BCUT2D eigenvalue weighted by Gasteiger charge is 2.53. The number of hydrogen-bond donors (Lipinski definition) is 3. The highest BCUT2D eigenvalue weighted by Crippen LogP contribution is 2.38. The number of amides is 1. The van der Waals surface area contributed by atoms with Gasteiger partial charge in [-0.3, -0.25) is 4.79 Å². The summed E-state index contributed by atoms with van der Waals surface area (Å²) in [5, 5.41) is 25.1. The molecular weight excluding hydrogens is 600 g/mol. The Hall–Kier alpha value is -5.11. The van der Waals surface area contributed by atoms with Crippen molar-refractivity contribution in [2.24, 2.45) is 10.9 Å². The third-order valence-electron chi connectivity index (χ3n) is 7.93. The van der Waals surface area contributed by atoms with Crippen molar-refractivity contribution in [1.29, 1.82) is 0 Å². The van der Waals surface area contributed by atoms with Crippen LogP contribution in [-0.4, -0.2) is 59.4 Å². The summed E-state index contributed by atoms with van der Waals surface area (Å²) >= 11 is 0. The number of Topliss-reactive ketones (excluding diaryl/α,β-unsaturated/α-hetero) is 1. The highest BCUT2D eigenvalue weighted by atomic mass is 16.7. The zero-order valence-electron chi connectivity index (χ0n) is 25.4. The molecule has 0 spiro atoms. The summed E-state index contributed by atoms with van der Waals surface area (Å²) in [5.41, 5.74) is 5.32. The average Bonchev–Trinajstić information content (AvgIpc) is 3.02. The number of aromatic hydroxyl groups is 1. The smallest absolute Gasteiger partial charge is 0.404 e. The van der Waals surface area contributed by atoms with Gasteiger partial charge in [-0.05, 0) is 67.4 Å². The van der Waals surface area contributed by atoms with Crippen LogP contribution in [0.25, 0.3) is 22.1 Å². The number of aliphatic hydroxyl groups excluding tert-OH is 1. The summed E-state index contributed by atoms with van der Waals surface area (Å²) in [7, 11) is 1.37. The molecule has 3 aromatic carbocycles. The number of nitrogens with zero attached hydrogens (tertiary/aromatic N) is 1. The van der Waals surface area contributed by atoms with Gasteiger partial charge in [0.25, 0.3) is 0 Å². The van der Waals surface area contributed by atoms with Crippen LogP contribution in [0.2, 0.25) is 0 Å². The molecule has 0 bridgehead atoms. The largest absolute Gasteiger partial charge is 0.507 e. The minimum Gasteiger partial charge on any atom is -0.507 e. The van der Waals surface area contributed by atoms with Crippen LogP contribution in [0.1, 0.15) is 35.3 Å². The molecule has 4 atom stereocenters. The summed E-state index contributed by atoms with van der Waals surface area (Å²) in [6, 6.07) is 16.2. The van der Waals surface area contributed by atoms with E-state index >= 15 is 0 Å². The zero-order chi connectivity index (χ0) is 33.3. The van der Waals surface area contributed by atoms with Gasteiger partial charge in [0.2, 0.25) is 6.29 Å². The van der Waals surface area contributed by atoms with Crippen molar-refractivity contribution < 1.29 is 43.2 Å². The van der Waals surface area contributed by atoms with Crippen LogP contribution in [0.3, 0.4) is 0 Å². The molecule has 1 aromatic heterocycles. The molecule has 1 aliphatic heterocycles. The van der Waals surface area contributed by atoms with Gasteiger partial charge < -0.3 is 39.3 Å². The number of methoxy groups -OCH3 is 1. The van der Waals surface area contributed by atoms with E-state index in [9.17, 15) is 29.5 Å². The fraction of sp³-hybridized carbons (Fsp3) is 0.303. The summed E-state index contributed by atoms with van der Waals surface area (Å²) in [5.74, 6) is -0.712. The molecule has 46 heavy (non-hydrogen) atoms. The third-order valence-corrected chi connectivity index (χ3v) is 7.93. The van der Waals surface area contributed by atoms with Crippen molar-refractivity contribution in [3.63, 3.8) is 0 Å². The van der Waals surface area contributed by atoms with Crippen molar-refractivity contribution >= 4 is 28.5 Å². The van der Waals surface area contributed by atoms with E-state index in [0.717, 1.165) is 5.56 Å². The minimum atomic E-state index is -1.51. The SMILES string of the molecule is CO[C@@H]1[C@@H](OC(N)=O)[C@@H](O)[C@H](Oc2ccc3c(O)c(CC(=O)c4cccc(-c5ccc(N=O)cc5)c4)c(=O)oc3c2C)OC1(C)C. The first-order chi connectivity index (χ1) is 21.8. The van der Waals surface area contributed by atoms with Gasteiger partial charge in [0.1, 0.15) is 28.9 Å². The number of ketones is 1. The summed E-state index contributed by atoms with van der Waals surface area (Å²) in [4.78, 5) is 48.6. The van der Waals surface area contributed by atoms with Gasteiger partial charge in [-0.25, -0.2) is 9.59 Å². The second-order valence-electron chi connectivity index (χ2n) is 11.4. The topological polar surface area (TPSA) is 197 Å². The van der Waals surface area contributed by atoms with E-state index in [0.29, 0.717) is 16.7 Å². The summed E-state index contributed by atoms with van der Waals surface area (Å²) in [6.07, 6.45) is -6.52. The molecule has 5 rings (SSSR count). The maximum Gasteiger partial charge on any atom is 0.404 e. The van der Waals surface area contributed by atoms with Crippen molar-refractivity contribution in [2.45, 2.75) is 57.4 Å². The number of nitroso groups, excluding NO2 is 1. The Labute approximate surface area is 262 Å². The Morgan fingerprint density at radius 1 is 1.07 bits per heavy atom. The van der Waals surface area contributed by atoms with Gasteiger partial charge in [0, 0.05) is 24.7 Å². The molecule has 1 amide bonds. The van der Waals surface area contributed by atoms with E-state index in [2.05, 4.69) is 5.18 Å². The molecule has 1 aliphatic rings. The van der Waals surface area contributed by atoms with Crippen molar-refractivity contribution in [3.05, 3.63) is 92.7 Å². The van der Waals surface area contributed by atoms with E-state index in [1.54, 1.807) is 69.3 Å². The van der Waals surface area contributed by atoms with Gasteiger partial charge in [-0.1, -0.05) is 30.3 Å². The normalized spacial score (nSPS) is 20.6. The van der Waals surface area contributed by atoms with Crippen LogP contribution >= 0.6 is 0 Å². The molecule has 1 fully saturated rings. The Morgan fingerprint density at radius 3 is 2.43 bits per heavy atom. The van der Waals surface area contributed by atoms with Crippen LogP contribution < -0.4 is 16.1 Å². The third kappa shape index (κ3) is 6.20. The van der Waals surface area contributed by atoms with Crippen LogP contribution in [-0.2, 0) is 20.6 Å².